The molecule has 94 valence electrons. The summed E-state index contributed by atoms with van der Waals surface area (Å²) in [6.45, 7) is 12.5. The molecule has 17 heavy (non-hydrogen) atoms. The second kappa shape index (κ2) is 4.34. The van der Waals surface area contributed by atoms with Crippen LogP contribution in [-0.4, -0.2) is 11.4 Å². The minimum absolute atomic E-state index is 0.358. The van der Waals surface area contributed by atoms with Crippen molar-refractivity contribution in [2.24, 2.45) is 11.3 Å². The number of nitrogens with two attached hydrogens (primary N) is 1. The van der Waals surface area contributed by atoms with Crippen LogP contribution in [-0.2, 0) is 13.1 Å². The quantitative estimate of drug-likeness (QED) is 0.810. The van der Waals surface area contributed by atoms with Gasteiger partial charge in [-0.25, -0.2) is 0 Å². The predicted molar refractivity (Wildman–Crippen MR) is 73.6 cm³/mol. The Morgan fingerprint density at radius 3 is 2.59 bits per heavy atom. The fourth-order valence-corrected chi connectivity index (χ4v) is 2.39. The van der Waals surface area contributed by atoms with Crippen molar-refractivity contribution < 1.29 is 0 Å². The Balaban J connectivity index is 2.09. The summed E-state index contributed by atoms with van der Waals surface area (Å²) in [5.74, 6) is 0.698. The average Bonchev–Trinajstić information content (AvgIpc) is 2.60. The SMILES string of the molecule is CC(C)C(C)(C)CN1Cc2cccc(N)c2C1. The summed E-state index contributed by atoms with van der Waals surface area (Å²) >= 11 is 0. The maximum atomic E-state index is 6.03. The Morgan fingerprint density at radius 2 is 2.00 bits per heavy atom. The van der Waals surface area contributed by atoms with Gasteiger partial charge >= 0.3 is 0 Å². The lowest BCUT2D eigenvalue weighted by molar-refractivity contribution is 0.134. The molecule has 1 aromatic carbocycles. The van der Waals surface area contributed by atoms with E-state index in [0.717, 1.165) is 25.3 Å². The Kier molecular flexibility index (Phi) is 3.17. The lowest BCUT2D eigenvalue weighted by Crippen LogP contribution is -2.34. The van der Waals surface area contributed by atoms with Gasteiger partial charge in [0, 0.05) is 25.3 Å². The Bertz CT molecular complexity index is 407. The largest absolute Gasteiger partial charge is 0.398 e. The van der Waals surface area contributed by atoms with E-state index in [0.29, 0.717) is 11.3 Å². The highest BCUT2D eigenvalue weighted by Gasteiger charge is 2.29. The molecule has 0 aromatic heterocycles. The maximum Gasteiger partial charge on any atom is 0.0363 e. The zero-order valence-electron chi connectivity index (χ0n) is 11.5. The van der Waals surface area contributed by atoms with Gasteiger partial charge in [0.05, 0.1) is 0 Å². The molecule has 2 rings (SSSR count). The number of fused-ring (bicyclic) bond motifs is 1. The molecular weight excluding hydrogens is 208 g/mol. The van der Waals surface area contributed by atoms with Gasteiger partial charge in [0.1, 0.15) is 0 Å². The van der Waals surface area contributed by atoms with Crippen LogP contribution < -0.4 is 5.73 Å². The van der Waals surface area contributed by atoms with Gasteiger partial charge < -0.3 is 5.73 Å². The third-order valence-corrected chi connectivity index (χ3v) is 4.28. The van der Waals surface area contributed by atoms with Crippen LogP contribution >= 0.6 is 0 Å². The van der Waals surface area contributed by atoms with E-state index >= 15 is 0 Å². The van der Waals surface area contributed by atoms with Gasteiger partial charge in [-0.2, -0.15) is 0 Å². The first-order valence-corrected chi connectivity index (χ1v) is 6.49. The standard InChI is InChI=1S/C15H24N2/c1-11(2)15(3,4)10-17-8-12-6-5-7-14(16)13(12)9-17/h5-7,11H,8-10,16H2,1-4H3. The molecule has 0 saturated heterocycles. The van der Waals surface area contributed by atoms with Crippen LogP contribution in [0.3, 0.4) is 0 Å². The van der Waals surface area contributed by atoms with Gasteiger partial charge in [-0.1, -0.05) is 39.8 Å². The van der Waals surface area contributed by atoms with Gasteiger partial charge in [-0.15, -0.1) is 0 Å². The third kappa shape index (κ3) is 2.47. The molecule has 0 radical (unpaired) electrons. The maximum absolute atomic E-state index is 6.03. The highest BCUT2D eigenvalue weighted by molar-refractivity contribution is 5.52. The average molecular weight is 232 g/mol. The first-order valence-electron chi connectivity index (χ1n) is 6.49. The van der Waals surface area contributed by atoms with E-state index in [4.69, 9.17) is 5.73 Å². The van der Waals surface area contributed by atoms with E-state index < -0.39 is 0 Å². The molecule has 1 aliphatic rings. The molecule has 0 fully saturated rings. The number of rotatable bonds is 3. The first kappa shape index (κ1) is 12.4. The molecule has 0 bridgehead atoms. The van der Waals surface area contributed by atoms with Crippen molar-refractivity contribution in [3.05, 3.63) is 29.3 Å². The zero-order valence-corrected chi connectivity index (χ0v) is 11.5. The normalized spacial score (nSPS) is 16.5. The van der Waals surface area contributed by atoms with Crippen molar-refractivity contribution in [3.8, 4) is 0 Å². The Hall–Kier alpha value is -1.02. The minimum Gasteiger partial charge on any atom is -0.398 e. The first-order chi connectivity index (χ1) is 7.90. The van der Waals surface area contributed by atoms with Crippen LogP contribution in [0, 0.1) is 11.3 Å². The van der Waals surface area contributed by atoms with E-state index in [1.807, 2.05) is 6.07 Å². The fraction of sp³-hybridized carbons (Fsp3) is 0.600. The van der Waals surface area contributed by atoms with Gasteiger partial charge in [-0.3, -0.25) is 4.90 Å². The minimum atomic E-state index is 0.358. The lowest BCUT2D eigenvalue weighted by atomic mass is 9.81. The van der Waals surface area contributed by atoms with Crippen LogP contribution in [0.1, 0.15) is 38.8 Å². The summed E-state index contributed by atoms with van der Waals surface area (Å²) < 4.78 is 0. The van der Waals surface area contributed by atoms with Crippen LogP contribution in [0.5, 0.6) is 0 Å². The van der Waals surface area contributed by atoms with Gasteiger partial charge in [0.15, 0.2) is 0 Å². The number of nitrogen functional groups attached to an aromatic ring is 1. The van der Waals surface area contributed by atoms with E-state index in [1.165, 1.54) is 11.1 Å². The molecular formula is C15H24N2. The number of hydrogen-bond acceptors (Lipinski definition) is 2. The predicted octanol–water partition coefficient (Wildman–Crippen LogP) is 3.27. The molecule has 0 atom stereocenters. The monoisotopic (exact) mass is 232 g/mol. The summed E-state index contributed by atoms with van der Waals surface area (Å²) in [6.07, 6.45) is 0. The summed E-state index contributed by atoms with van der Waals surface area (Å²) in [6, 6.07) is 6.27. The summed E-state index contributed by atoms with van der Waals surface area (Å²) in [5.41, 5.74) is 10.1. The number of anilines is 1. The molecule has 0 aliphatic carbocycles. The van der Waals surface area contributed by atoms with Crippen molar-refractivity contribution in [2.45, 2.75) is 40.8 Å². The fourth-order valence-electron chi connectivity index (χ4n) is 2.39. The number of benzene rings is 1. The van der Waals surface area contributed by atoms with Crippen LogP contribution in [0.25, 0.3) is 0 Å². The number of nitrogens with zero attached hydrogens (tertiary/aromatic N) is 1. The molecule has 1 aromatic rings. The van der Waals surface area contributed by atoms with Crippen molar-refractivity contribution in [1.29, 1.82) is 0 Å². The second-order valence-electron chi connectivity index (χ2n) is 6.27. The summed E-state index contributed by atoms with van der Waals surface area (Å²) in [7, 11) is 0. The number of hydrogen-bond donors (Lipinski definition) is 1. The van der Waals surface area contributed by atoms with Crippen LogP contribution in [0.2, 0.25) is 0 Å². The van der Waals surface area contributed by atoms with Crippen molar-refractivity contribution in [3.63, 3.8) is 0 Å². The highest BCUT2D eigenvalue weighted by Crippen LogP contribution is 2.33. The van der Waals surface area contributed by atoms with Gasteiger partial charge in [-0.05, 0) is 28.5 Å². The smallest absolute Gasteiger partial charge is 0.0363 e. The molecule has 0 amide bonds. The Labute approximate surface area is 105 Å². The van der Waals surface area contributed by atoms with E-state index in [9.17, 15) is 0 Å². The van der Waals surface area contributed by atoms with Crippen molar-refractivity contribution in [1.82, 2.24) is 4.90 Å². The molecule has 2 nitrogen and oxygen atoms in total. The summed E-state index contributed by atoms with van der Waals surface area (Å²) in [5, 5.41) is 0. The molecule has 1 aliphatic heterocycles. The molecule has 0 saturated carbocycles. The molecule has 2 heteroatoms. The van der Waals surface area contributed by atoms with E-state index in [1.54, 1.807) is 0 Å². The summed E-state index contributed by atoms with van der Waals surface area (Å²) in [4.78, 5) is 2.51. The van der Waals surface area contributed by atoms with Crippen molar-refractivity contribution >= 4 is 5.69 Å². The van der Waals surface area contributed by atoms with Gasteiger partial charge in [0.25, 0.3) is 0 Å². The lowest BCUT2D eigenvalue weighted by Gasteiger charge is -2.33. The van der Waals surface area contributed by atoms with Crippen LogP contribution in [0.4, 0.5) is 5.69 Å². The van der Waals surface area contributed by atoms with Crippen LogP contribution in [0.15, 0.2) is 18.2 Å². The Morgan fingerprint density at radius 1 is 1.29 bits per heavy atom. The van der Waals surface area contributed by atoms with E-state index in [2.05, 4.69) is 44.7 Å². The highest BCUT2D eigenvalue weighted by atomic mass is 15.1. The molecule has 0 spiro atoms. The van der Waals surface area contributed by atoms with Gasteiger partial charge in [0.2, 0.25) is 0 Å². The molecule has 2 N–H and O–H groups in total. The van der Waals surface area contributed by atoms with E-state index in [-0.39, 0.29) is 0 Å². The molecule has 0 unspecified atom stereocenters. The van der Waals surface area contributed by atoms with Crippen molar-refractivity contribution in [2.75, 3.05) is 12.3 Å². The topological polar surface area (TPSA) is 29.3 Å². The third-order valence-electron chi connectivity index (χ3n) is 4.28. The molecule has 1 heterocycles. The zero-order chi connectivity index (χ0) is 12.6. The second-order valence-corrected chi connectivity index (χ2v) is 6.27.